The maximum atomic E-state index is 9.24. The third-order valence-electron chi connectivity index (χ3n) is 19.0. The number of halogens is 3. The van der Waals surface area contributed by atoms with Crippen LogP contribution in [0.1, 0.15) is 1.43 Å². The van der Waals surface area contributed by atoms with Crippen LogP contribution in [0.2, 0.25) is 15.2 Å². The van der Waals surface area contributed by atoms with Crippen molar-refractivity contribution in [2.75, 3.05) is 0 Å². The van der Waals surface area contributed by atoms with Crippen molar-refractivity contribution in [1.29, 1.82) is 0 Å². The average Bonchev–Trinajstić information content (AvgIpc) is 1.63. The third-order valence-corrected chi connectivity index (χ3v) is 29.5. The Kier molecular flexibility index (Phi) is 43.3. The average molecular weight is 1940 g/mol. The fourth-order valence-corrected chi connectivity index (χ4v) is 23.1. The molecule has 16 aromatic carbocycles. The van der Waals surface area contributed by atoms with E-state index in [9.17, 15) is 10.0 Å². The molecule has 20 heteroatoms. The Hall–Kier alpha value is -8.64. The number of hydrogen-bond acceptors (Lipinski definition) is 9. The molecule has 9 nitrogen and oxygen atoms in total. The number of benzene rings is 16. The molecule has 0 radical (unpaired) electrons. The number of fused-ring (bicyclic) bond motifs is 6. The molecule has 20 rings (SSSR count). The van der Waals surface area contributed by atoms with E-state index in [1.54, 1.807) is 30.5 Å². The molecule has 4 heterocycles. The number of carbonyl (C=O) groups excluding carboxylic acids is 1. The molecule has 127 heavy (non-hydrogen) atoms. The Morgan fingerprint density at radius 3 is 0.756 bits per heavy atom. The number of aromatic nitrogens is 2. The Labute approximate surface area is 862 Å². The van der Waals surface area contributed by atoms with Crippen molar-refractivity contribution in [2.24, 2.45) is 0 Å². The van der Waals surface area contributed by atoms with E-state index >= 15 is 0 Å². The van der Waals surface area contributed by atoms with Gasteiger partial charge in [-0.15, -0.1) is 0 Å². The fraction of sp³-hybridized carbons (Fsp3) is 0. The van der Waals surface area contributed by atoms with Crippen molar-refractivity contribution < 1.29 is 158 Å². The summed E-state index contributed by atoms with van der Waals surface area (Å²) in [7, 11) is -3.29. The Bertz CT molecular complexity index is 5660. The normalized spacial score (nSPS) is 10.3. The van der Waals surface area contributed by atoms with Gasteiger partial charge in [0, 0.05) is 65.4 Å². The zero-order valence-corrected chi connectivity index (χ0v) is 83.1. The molecule has 0 saturated heterocycles. The van der Waals surface area contributed by atoms with Gasteiger partial charge in [0.1, 0.15) is 27.5 Å². The summed E-state index contributed by atoms with van der Waals surface area (Å²) in [4.78, 5) is 19.3. The smallest absolute Gasteiger partial charge is 1.00 e. The van der Waals surface area contributed by atoms with E-state index in [2.05, 4.69) is 391 Å². The summed E-state index contributed by atoms with van der Waals surface area (Å²) in [6.45, 7) is -0.181. The van der Waals surface area contributed by atoms with Crippen LogP contribution in [0.25, 0.3) is 55.1 Å². The number of carbonyl (C=O) groups is 1. The number of furan rings is 2. The summed E-state index contributed by atoms with van der Waals surface area (Å²) in [5.41, 5.74) is 5.29. The van der Waals surface area contributed by atoms with Gasteiger partial charge in [-0.1, -0.05) is 466 Å². The fourth-order valence-electron chi connectivity index (χ4n) is 13.5. The molecule has 4 aromatic heterocycles. The van der Waals surface area contributed by atoms with Gasteiger partial charge >= 0.3 is 110 Å². The van der Waals surface area contributed by atoms with Crippen LogP contribution in [0.15, 0.2) is 494 Å². The van der Waals surface area contributed by atoms with Crippen molar-refractivity contribution in [1.82, 2.24) is 9.97 Å². The van der Waals surface area contributed by atoms with Gasteiger partial charge in [-0.3, -0.25) is 9.78 Å². The first-order chi connectivity index (χ1) is 61.1. The minimum atomic E-state index is -1.51. The standard InChI is InChI=1S/4C18H15P.C17H10ClNO.C12H9BO3.C5H3Cl2N.CH2O3.2K.Pd.H/c4*1-4-10-16(11-5-1)19(17-12-6-2-7-13-17)18-14-8-3-9-15-18;18-11-8-9-15(19-10-11)14-6-3-5-13-12-4-1-2-7-16(12)20-17(13)14;14-13(15)10-6-3-5-9-8-4-1-2-7-11(8)16-12(9)10;6-4-1-2-5(7)8-3-4;2-1-4-3;;;;/h4*1-15H;1-10H;1-7,14-15H;1-3H;1,3H;;;;/q;;;;;;;;2*+1;;-1/p-1. The molecule has 20 aromatic rings. The molecule has 0 fully saturated rings. The van der Waals surface area contributed by atoms with Gasteiger partial charge < -0.3 is 30.5 Å². The van der Waals surface area contributed by atoms with Crippen LogP contribution in [0.5, 0.6) is 0 Å². The predicted molar refractivity (Wildman–Crippen MR) is 529 cm³/mol. The number of nitrogens with zero attached hydrogens (tertiary/aromatic N) is 2. The molecular weight excluding hydrogens is 1850 g/mol. The van der Waals surface area contributed by atoms with Crippen LogP contribution in [-0.2, 0) is 30.1 Å². The zero-order valence-electron chi connectivity index (χ0n) is 70.4. The van der Waals surface area contributed by atoms with Crippen LogP contribution in [0, 0.1) is 0 Å². The van der Waals surface area contributed by atoms with Crippen LogP contribution in [0.3, 0.4) is 0 Å². The second-order valence-electron chi connectivity index (χ2n) is 27.2. The van der Waals surface area contributed by atoms with Crippen molar-refractivity contribution in [3.63, 3.8) is 0 Å². The summed E-state index contributed by atoms with van der Waals surface area (Å²) in [6.07, 6.45) is 3.16. The zero-order chi connectivity index (χ0) is 85.7. The van der Waals surface area contributed by atoms with E-state index < -0.39 is 38.8 Å². The topological polar surface area (TPSA) is 142 Å². The van der Waals surface area contributed by atoms with Gasteiger partial charge in [-0.2, -0.15) is 0 Å². The maximum Gasteiger partial charge on any atom is 1.00 e. The van der Waals surface area contributed by atoms with Crippen LogP contribution in [0.4, 0.5) is 0 Å². The molecule has 0 aliphatic heterocycles. The monoisotopic (exact) mass is 1930 g/mol. The molecule has 0 bridgehead atoms. The van der Waals surface area contributed by atoms with Crippen molar-refractivity contribution in [3.8, 4) is 11.3 Å². The first-order valence-electron chi connectivity index (χ1n) is 39.7. The molecule has 0 saturated carbocycles. The SMILES string of the molecule is Clc1ccc(-c2cccc3c2oc2ccccc23)nc1.Clc1ccc(Cl)nc1.O=CO[O-].OB(O)c1cccc2c1oc1ccccc12.[H-].[K+].[K+].[Pd].c1ccc(P(c2ccccc2)c2ccccc2)cc1.c1ccc(P(c2ccccc2)c2ccccc2)cc1.c1ccc(P(c2ccccc2)c2ccccc2)cc1.c1ccc(P(c2ccccc2)c2ccccc2)cc1. The Morgan fingerprint density at radius 2 is 0.520 bits per heavy atom. The van der Waals surface area contributed by atoms with E-state index in [1.165, 1.54) is 69.9 Å². The minimum absolute atomic E-state index is 0. The molecule has 0 unspecified atom stereocenters. The first kappa shape index (κ1) is 101. The number of rotatable bonds is 15. The summed E-state index contributed by atoms with van der Waals surface area (Å²) in [5, 5.41) is 49.5. The third kappa shape index (κ3) is 29.4. The Balaban J connectivity index is 0.000000168. The second-order valence-corrected chi connectivity index (χ2v) is 37.3. The van der Waals surface area contributed by atoms with E-state index in [0.717, 1.165) is 49.6 Å². The van der Waals surface area contributed by atoms with Crippen LogP contribution in [-0.4, -0.2) is 33.6 Å². The molecule has 0 atom stereocenters. The summed E-state index contributed by atoms with van der Waals surface area (Å²) in [6, 6.07) is 164. The number of pyridine rings is 2. The quantitative estimate of drug-likeness (QED) is 0.0256. The predicted octanol–water partition coefficient (Wildman–Crippen LogP) is 15.3. The summed E-state index contributed by atoms with van der Waals surface area (Å²) < 4.78 is 11.6. The van der Waals surface area contributed by atoms with E-state index in [-0.39, 0.29) is 131 Å². The van der Waals surface area contributed by atoms with Gasteiger partial charge in [0.2, 0.25) is 0 Å². The van der Waals surface area contributed by atoms with Crippen LogP contribution < -0.4 is 177 Å². The number of para-hydroxylation sites is 4. The van der Waals surface area contributed by atoms with E-state index in [1.807, 2.05) is 72.8 Å². The van der Waals surface area contributed by atoms with Gasteiger partial charge in [0.15, 0.2) is 0 Å². The minimum Gasteiger partial charge on any atom is -1.00 e. The Morgan fingerprint density at radius 1 is 0.291 bits per heavy atom. The van der Waals surface area contributed by atoms with Crippen LogP contribution >= 0.6 is 66.5 Å². The van der Waals surface area contributed by atoms with Crippen molar-refractivity contribution >= 4 is 193 Å². The van der Waals surface area contributed by atoms with Crippen molar-refractivity contribution in [3.05, 3.63) is 501 Å². The van der Waals surface area contributed by atoms with E-state index in [4.69, 9.17) is 53.7 Å². The summed E-state index contributed by atoms with van der Waals surface area (Å²) in [5.74, 6) is 0. The van der Waals surface area contributed by atoms with Gasteiger partial charge in [-0.05, 0) is 138 Å². The molecule has 0 aliphatic rings. The maximum absolute atomic E-state index is 9.24. The molecule has 2 N–H and O–H groups in total. The molecule has 620 valence electrons. The van der Waals surface area contributed by atoms with Gasteiger partial charge in [-0.25, -0.2) is 4.98 Å². The molecular formula is C107H84BCl3K2N2O7P4Pd. The molecule has 0 spiro atoms. The molecule has 0 amide bonds. The number of hydrogen-bond donors (Lipinski definition) is 2. The van der Waals surface area contributed by atoms with E-state index in [0.29, 0.717) is 26.2 Å². The summed E-state index contributed by atoms with van der Waals surface area (Å²) >= 11 is 16.8. The first-order valence-corrected chi connectivity index (χ1v) is 46.2. The van der Waals surface area contributed by atoms with Gasteiger partial charge in [0.05, 0.1) is 15.7 Å². The van der Waals surface area contributed by atoms with Gasteiger partial charge in [0.25, 0.3) is 6.47 Å². The largest absolute Gasteiger partial charge is 1.00 e. The molecule has 0 aliphatic carbocycles. The van der Waals surface area contributed by atoms with Crippen molar-refractivity contribution in [2.45, 2.75) is 0 Å². The second kappa shape index (κ2) is 54.8.